The molecule has 5 aromatic rings. The van der Waals surface area contributed by atoms with E-state index in [0.717, 1.165) is 21.6 Å². The number of para-hydroxylation sites is 1. The number of oxazole rings is 1. The van der Waals surface area contributed by atoms with Crippen LogP contribution in [-0.2, 0) is 0 Å². The van der Waals surface area contributed by atoms with E-state index in [1.54, 1.807) is 18.2 Å². The number of H-pyrrole nitrogens is 1. The number of aryl methyl sites for hydroxylation is 1. The highest BCUT2D eigenvalue weighted by Crippen LogP contribution is 2.31. The molecule has 0 aliphatic rings. The standard InChI is InChI=1S/C20H14N4O3S/c1-11-14-10-17(28-19(14)24(23-11)13-5-3-2-4-6-13)18(25)21-12-7-8-16-15(9-12)22-20(26)27-16/h2-10H,1H3,(H,21,25)(H,22,26). The molecule has 138 valence electrons. The number of fused-ring (bicyclic) bond motifs is 2. The maximum absolute atomic E-state index is 12.8. The van der Waals surface area contributed by atoms with Gasteiger partial charge in [0.15, 0.2) is 5.58 Å². The Morgan fingerprint density at radius 3 is 2.82 bits per heavy atom. The van der Waals surface area contributed by atoms with Crippen LogP contribution in [0.1, 0.15) is 15.4 Å². The minimum absolute atomic E-state index is 0.217. The van der Waals surface area contributed by atoms with E-state index < -0.39 is 5.76 Å². The Labute approximate surface area is 162 Å². The minimum atomic E-state index is -0.524. The number of hydrogen-bond acceptors (Lipinski definition) is 5. The van der Waals surface area contributed by atoms with Crippen molar-refractivity contribution < 1.29 is 9.21 Å². The van der Waals surface area contributed by atoms with Gasteiger partial charge >= 0.3 is 5.76 Å². The molecule has 0 aliphatic carbocycles. The summed E-state index contributed by atoms with van der Waals surface area (Å²) in [4.78, 5) is 28.1. The molecule has 0 radical (unpaired) electrons. The lowest BCUT2D eigenvalue weighted by atomic mass is 10.2. The lowest BCUT2D eigenvalue weighted by Gasteiger charge is -2.03. The van der Waals surface area contributed by atoms with Crippen LogP contribution in [0.2, 0.25) is 0 Å². The second-order valence-corrected chi connectivity index (χ2v) is 7.37. The summed E-state index contributed by atoms with van der Waals surface area (Å²) in [5.41, 5.74) is 3.38. The van der Waals surface area contributed by atoms with Gasteiger partial charge in [0, 0.05) is 11.1 Å². The van der Waals surface area contributed by atoms with E-state index in [1.807, 2.05) is 48.0 Å². The molecule has 3 heterocycles. The van der Waals surface area contributed by atoms with Gasteiger partial charge in [-0.05, 0) is 43.3 Å². The van der Waals surface area contributed by atoms with Crippen molar-refractivity contribution in [3.63, 3.8) is 0 Å². The number of nitrogens with one attached hydrogen (secondary N) is 2. The molecule has 0 atom stereocenters. The van der Waals surface area contributed by atoms with E-state index >= 15 is 0 Å². The van der Waals surface area contributed by atoms with Crippen LogP contribution in [0.3, 0.4) is 0 Å². The molecule has 0 unspecified atom stereocenters. The molecule has 28 heavy (non-hydrogen) atoms. The maximum atomic E-state index is 12.8. The Balaban J connectivity index is 1.50. The van der Waals surface area contributed by atoms with Crippen molar-refractivity contribution in [3.05, 3.63) is 75.7 Å². The molecule has 0 aliphatic heterocycles. The van der Waals surface area contributed by atoms with Crippen LogP contribution < -0.4 is 11.1 Å². The first-order valence-corrected chi connectivity index (χ1v) is 9.39. The van der Waals surface area contributed by atoms with E-state index in [1.165, 1.54) is 11.3 Å². The highest BCUT2D eigenvalue weighted by Gasteiger charge is 2.17. The summed E-state index contributed by atoms with van der Waals surface area (Å²) < 4.78 is 6.83. The Bertz CT molecular complexity index is 1390. The fourth-order valence-corrected chi connectivity index (χ4v) is 4.20. The summed E-state index contributed by atoms with van der Waals surface area (Å²) >= 11 is 1.39. The Kier molecular flexibility index (Phi) is 3.66. The Hall–Kier alpha value is -3.65. The number of anilines is 1. The van der Waals surface area contributed by atoms with Gasteiger partial charge in [0.05, 0.1) is 21.8 Å². The fraction of sp³-hybridized carbons (Fsp3) is 0.0500. The second kappa shape index (κ2) is 6.21. The first-order chi connectivity index (χ1) is 13.6. The molecule has 1 amide bonds. The van der Waals surface area contributed by atoms with Gasteiger partial charge in [0.1, 0.15) is 4.83 Å². The molecule has 3 aromatic heterocycles. The molecule has 2 aromatic carbocycles. The number of aromatic amines is 1. The monoisotopic (exact) mass is 390 g/mol. The number of aromatic nitrogens is 3. The van der Waals surface area contributed by atoms with Gasteiger partial charge in [-0.15, -0.1) is 11.3 Å². The fourth-order valence-electron chi connectivity index (χ4n) is 3.13. The predicted molar refractivity (Wildman–Crippen MR) is 108 cm³/mol. The number of nitrogens with zero attached hydrogens (tertiary/aromatic N) is 2. The summed E-state index contributed by atoms with van der Waals surface area (Å²) in [5.74, 6) is -0.741. The molecular formula is C20H14N4O3S. The third-order valence-electron chi connectivity index (χ3n) is 4.45. The number of benzene rings is 2. The van der Waals surface area contributed by atoms with Gasteiger partial charge in [-0.25, -0.2) is 9.48 Å². The van der Waals surface area contributed by atoms with Crippen LogP contribution in [0, 0.1) is 6.92 Å². The summed E-state index contributed by atoms with van der Waals surface area (Å²) in [6, 6.07) is 16.7. The quantitative estimate of drug-likeness (QED) is 0.485. The van der Waals surface area contributed by atoms with Crippen molar-refractivity contribution >= 4 is 44.2 Å². The first-order valence-electron chi connectivity index (χ1n) is 8.57. The van der Waals surface area contributed by atoms with Crippen LogP contribution in [0.5, 0.6) is 0 Å². The second-order valence-electron chi connectivity index (χ2n) is 6.34. The molecule has 0 bridgehead atoms. The van der Waals surface area contributed by atoms with Crippen molar-refractivity contribution in [1.82, 2.24) is 14.8 Å². The van der Waals surface area contributed by atoms with E-state index in [0.29, 0.717) is 21.7 Å². The zero-order valence-electron chi connectivity index (χ0n) is 14.7. The average molecular weight is 390 g/mol. The van der Waals surface area contributed by atoms with Crippen molar-refractivity contribution in [1.29, 1.82) is 0 Å². The highest BCUT2D eigenvalue weighted by atomic mass is 32.1. The van der Waals surface area contributed by atoms with Crippen LogP contribution in [0.4, 0.5) is 5.69 Å². The van der Waals surface area contributed by atoms with Crippen LogP contribution in [0.25, 0.3) is 27.0 Å². The SMILES string of the molecule is Cc1nn(-c2ccccc2)c2sc(C(=O)Nc3ccc4oc(=O)[nH]c4c3)cc12. The lowest BCUT2D eigenvalue weighted by Crippen LogP contribution is -2.10. The predicted octanol–water partition coefficient (Wildman–Crippen LogP) is 4.08. The zero-order chi connectivity index (χ0) is 19.3. The van der Waals surface area contributed by atoms with Gasteiger partial charge < -0.3 is 9.73 Å². The van der Waals surface area contributed by atoms with E-state index in [9.17, 15) is 9.59 Å². The summed E-state index contributed by atoms with van der Waals surface area (Å²) in [6.45, 7) is 1.93. The summed E-state index contributed by atoms with van der Waals surface area (Å²) in [5, 5.41) is 8.41. The van der Waals surface area contributed by atoms with Gasteiger partial charge in [-0.1, -0.05) is 18.2 Å². The third-order valence-corrected chi connectivity index (χ3v) is 5.56. The van der Waals surface area contributed by atoms with Gasteiger partial charge in [0.25, 0.3) is 5.91 Å². The first kappa shape index (κ1) is 16.5. The summed E-state index contributed by atoms with van der Waals surface area (Å²) in [7, 11) is 0. The Morgan fingerprint density at radius 2 is 2.00 bits per heavy atom. The van der Waals surface area contributed by atoms with Crippen LogP contribution in [-0.4, -0.2) is 20.7 Å². The number of hydrogen-bond donors (Lipinski definition) is 2. The van der Waals surface area contributed by atoms with E-state index in [4.69, 9.17) is 4.42 Å². The number of carbonyl (C=O) groups is 1. The lowest BCUT2D eigenvalue weighted by molar-refractivity contribution is 0.103. The van der Waals surface area contributed by atoms with Gasteiger partial charge in [-0.2, -0.15) is 5.10 Å². The van der Waals surface area contributed by atoms with Crippen LogP contribution in [0.15, 0.2) is 63.8 Å². The van der Waals surface area contributed by atoms with Crippen molar-refractivity contribution in [2.75, 3.05) is 5.32 Å². The largest absolute Gasteiger partial charge is 0.417 e. The number of rotatable bonds is 3. The van der Waals surface area contributed by atoms with Gasteiger partial charge in [0.2, 0.25) is 0 Å². The normalized spacial score (nSPS) is 11.3. The molecule has 0 saturated heterocycles. The van der Waals surface area contributed by atoms with E-state index in [2.05, 4.69) is 15.4 Å². The average Bonchev–Trinajstić information content (AvgIpc) is 3.36. The molecule has 0 fully saturated rings. The number of carbonyl (C=O) groups excluding carboxylic acids is 1. The topological polar surface area (TPSA) is 92.9 Å². The molecule has 0 spiro atoms. The number of amides is 1. The molecule has 2 N–H and O–H groups in total. The van der Waals surface area contributed by atoms with Gasteiger partial charge in [-0.3, -0.25) is 9.78 Å². The molecule has 0 saturated carbocycles. The summed E-state index contributed by atoms with van der Waals surface area (Å²) in [6.07, 6.45) is 0. The zero-order valence-corrected chi connectivity index (χ0v) is 15.5. The van der Waals surface area contributed by atoms with E-state index in [-0.39, 0.29) is 5.91 Å². The maximum Gasteiger partial charge on any atom is 0.417 e. The molecule has 5 rings (SSSR count). The smallest absolute Gasteiger partial charge is 0.408 e. The van der Waals surface area contributed by atoms with Crippen LogP contribution >= 0.6 is 11.3 Å². The molecular weight excluding hydrogens is 376 g/mol. The van der Waals surface area contributed by atoms with Crippen molar-refractivity contribution in [3.8, 4) is 5.69 Å². The molecule has 8 heteroatoms. The minimum Gasteiger partial charge on any atom is -0.408 e. The van der Waals surface area contributed by atoms with Crippen molar-refractivity contribution in [2.45, 2.75) is 6.92 Å². The highest BCUT2D eigenvalue weighted by molar-refractivity contribution is 7.20. The van der Waals surface area contributed by atoms with Crippen molar-refractivity contribution in [2.24, 2.45) is 0 Å². The molecule has 7 nitrogen and oxygen atoms in total. The third kappa shape index (κ3) is 2.71. The number of thiophene rings is 1. The Morgan fingerprint density at radius 1 is 1.18 bits per heavy atom.